The fraction of sp³-hybridized carbons (Fsp3) is 0.300. The molecule has 1 heterocycles. The molecular formula is C20H21FN2O2. The van der Waals surface area contributed by atoms with Crippen molar-refractivity contribution in [3.8, 4) is 0 Å². The molecule has 0 aliphatic carbocycles. The molecule has 1 atom stereocenters. The Kier molecular flexibility index (Phi) is 4.83. The van der Waals surface area contributed by atoms with Crippen molar-refractivity contribution in [2.45, 2.75) is 32.7 Å². The van der Waals surface area contributed by atoms with Gasteiger partial charge in [-0.2, -0.15) is 0 Å². The lowest BCUT2D eigenvalue weighted by molar-refractivity contribution is -0.119. The fourth-order valence-corrected chi connectivity index (χ4v) is 3.39. The molecule has 1 aliphatic rings. The van der Waals surface area contributed by atoms with Crippen LogP contribution in [0.5, 0.6) is 0 Å². The van der Waals surface area contributed by atoms with Crippen LogP contribution in [0.15, 0.2) is 48.5 Å². The number of nitrogens with zero attached hydrogens (tertiary/aromatic N) is 2. The highest BCUT2D eigenvalue weighted by molar-refractivity contribution is 5.98. The summed E-state index contributed by atoms with van der Waals surface area (Å²) in [6, 6.07) is 13.8. The number of carbonyl (C=O) groups excluding carboxylic acids is 2. The van der Waals surface area contributed by atoms with Gasteiger partial charge in [-0.3, -0.25) is 9.59 Å². The van der Waals surface area contributed by atoms with E-state index in [0.717, 1.165) is 17.7 Å². The maximum absolute atomic E-state index is 13.4. The van der Waals surface area contributed by atoms with Crippen molar-refractivity contribution in [2.75, 3.05) is 16.3 Å². The number of anilines is 2. The van der Waals surface area contributed by atoms with Crippen LogP contribution in [0, 0.1) is 5.82 Å². The maximum Gasteiger partial charge on any atom is 0.229 e. The van der Waals surface area contributed by atoms with Gasteiger partial charge in [-0.15, -0.1) is 0 Å². The van der Waals surface area contributed by atoms with Crippen molar-refractivity contribution in [1.82, 2.24) is 0 Å². The van der Waals surface area contributed by atoms with E-state index in [1.807, 2.05) is 31.2 Å². The largest absolute Gasteiger partial charge is 0.312 e. The van der Waals surface area contributed by atoms with Gasteiger partial charge in [0.05, 0.1) is 0 Å². The molecular weight excluding hydrogens is 319 g/mol. The molecule has 0 spiro atoms. The molecule has 0 bridgehead atoms. The topological polar surface area (TPSA) is 40.6 Å². The summed E-state index contributed by atoms with van der Waals surface area (Å²) < 4.78 is 13.4. The zero-order valence-electron chi connectivity index (χ0n) is 14.4. The number of rotatable bonds is 4. The summed E-state index contributed by atoms with van der Waals surface area (Å²) in [5.41, 5.74) is 2.58. The van der Waals surface area contributed by atoms with Gasteiger partial charge in [0.25, 0.3) is 0 Å². The number of halogens is 1. The van der Waals surface area contributed by atoms with Crippen LogP contribution < -0.4 is 9.80 Å². The predicted octanol–water partition coefficient (Wildman–Crippen LogP) is 3.55. The van der Waals surface area contributed by atoms with Gasteiger partial charge in [0, 0.05) is 37.3 Å². The molecule has 0 fully saturated rings. The van der Waals surface area contributed by atoms with E-state index in [2.05, 4.69) is 0 Å². The Balaban J connectivity index is 1.73. The van der Waals surface area contributed by atoms with Crippen LogP contribution in [0.2, 0.25) is 0 Å². The summed E-state index contributed by atoms with van der Waals surface area (Å²) in [6.45, 7) is 3.67. The van der Waals surface area contributed by atoms with E-state index in [1.54, 1.807) is 17.0 Å². The quantitative estimate of drug-likeness (QED) is 0.854. The predicted molar refractivity (Wildman–Crippen MR) is 96.1 cm³/mol. The Labute approximate surface area is 146 Å². The number of hydrogen-bond donors (Lipinski definition) is 0. The lowest BCUT2D eigenvalue weighted by Gasteiger charge is -2.25. The first-order valence-electron chi connectivity index (χ1n) is 8.41. The molecule has 2 aromatic carbocycles. The second kappa shape index (κ2) is 7.05. The third-order valence-corrected chi connectivity index (χ3v) is 4.53. The third kappa shape index (κ3) is 3.55. The van der Waals surface area contributed by atoms with Gasteiger partial charge in [0.2, 0.25) is 11.8 Å². The maximum atomic E-state index is 13.4. The lowest BCUT2D eigenvalue weighted by atomic mass is 10.1. The fourth-order valence-electron chi connectivity index (χ4n) is 3.39. The molecule has 25 heavy (non-hydrogen) atoms. The monoisotopic (exact) mass is 340 g/mol. The van der Waals surface area contributed by atoms with E-state index in [4.69, 9.17) is 0 Å². The van der Waals surface area contributed by atoms with Gasteiger partial charge >= 0.3 is 0 Å². The second-order valence-electron chi connectivity index (χ2n) is 6.35. The van der Waals surface area contributed by atoms with Crippen LogP contribution in [0.4, 0.5) is 15.8 Å². The highest BCUT2D eigenvalue weighted by atomic mass is 19.1. The molecule has 2 amide bonds. The van der Waals surface area contributed by atoms with E-state index in [0.29, 0.717) is 5.69 Å². The Hall–Kier alpha value is -2.69. The summed E-state index contributed by atoms with van der Waals surface area (Å²) in [5.74, 6) is -0.648. The number of carbonyl (C=O) groups is 2. The molecule has 0 saturated heterocycles. The van der Waals surface area contributed by atoms with Gasteiger partial charge in [-0.05, 0) is 43.2 Å². The first-order chi connectivity index (χ1) is 12.0. The molecule has 130 valence electrons. The van der Waals surface area contributed by atoms with E-state index >= 15 is 0 Å². The third-order valence-electron chi connectivity index (χ3n) is 4.53. The minimum absolute atomic E-state index is 0.0277. The highest BCUT2D eigenvalue weighted by Gasteiger charge is 2.30. The number of amides is 2. The second-order valence-corrected chi connectivity index (χ2v) is 6.35. The zero-order chi connectivity index (χ0) is 18.0. The summed E-state index contributed by atoms with van der Waals surface area (Å²) in [4.78, 5) is 27.9. The Morgan fingerprint density at radius 3 is 2.68 bits per heavy atom. The number of fused-ring (bicyclic) bond motifs is 1. The minimum Gasteiger partial charge on any atom is -0.312 e. The van der Waals surface area contributed by atoms with Crippen LogP contribution in [0.25, 0.3) is 0 Å². The standard InChI is InChI=1S/C20H21FN2O2/c1-14-12-16-6-3-4-9-19(16)23(14)20(25)10-11-22(15(2)24)18-8-5-7-17(21)13-18/h3-9,13-14H,10-12H2,1-2H3. The van der Waals surface area contributed by atoms with Crippen LogP contribution >= 0.6 is 0 Å². The van der Waals surface area contributed by atoms with E-state index in [9.17, 15) is 14.0 Å². The van der Waals surface area contributed by atoms with Crippen molar-refractivity contribution in [3.63, 3.8) is 0 Å². The molecule has 1 aliphatic heterocycles. The molecule has 0 saturated carbocycles. The summed E-state index contributed by atoms with van der Waals surface area (Å²) in [6.07, 6.45) is 1.02. The van der Waals surface area contributed by atoms with Crippen molar-refractivity contribution in [2.24, 2.45) is 0 Å². The molecule has 1 unspecified atom stereocenters. The highest BCUT2D eigenvalue weighted by Crippen LogP contribution is 2.32. The summed E-state index contributed by atoms with van der Waals surface area (Å²) in [7, 11) is 0. The van der Waals surface area contributed by atoms with Gasteiger partial charge in [0.15, 0.2) is 0 Å². The van der Waals surface area contributed by atoms with Crippen LogP contribution in [-0.2, 0) is 16.0 Å². The van der Waals surface area contributed by atoms with Crippen molar-refractivity contribution in [3.05, 3.63) is 59.9 Å². The van der Waals surface area contributed by atoms with Crippen molar-refractivity contribution < 1.29 is 14.0 Å². The zero-order valence-corrected chi connectivity index (χ0v) is 14.4. The van der Waals surface area contributed by atoms with Gasteiger partial charge in [-0.25, -0.2) is 4.39 Å². The average molecular weight is 340 g/mol. The average Bonchev–Trinajstić information content (AvgIpc) is 2.90. The summed E-state index contributed by atoms with van der Waals surface area (Å²) >= 11 is 0. The Bertz CT molecular complexity index is 806. The number of hydrogen-bond acceptors (Lipinski definition) is 2. The normalized spacial score (nSPS) is 15.8. The molecule has 3 rings (SSSR count). The van der Waals surface area contributed by atoms with Crippen LogP contribution in [0.1, 0.15) is 25.8 Å². The molecule has 4 nitrogen and oxygen atoms in total. The molecule has 0 aromatic heterocycles. The Morgan fingerprint density at radius 2 is 1.96 bits per heavy atom. The van der Waals surface area contributed by atoms with Crippen molar-refractivity contribution in [1.29, 1.82) is 0 Å². The van der Waals surface area contributed by atoms with Crippen LogP contribution in [0.3, 0.4) is 0 Å². The number of para-hydroxylation sites is 1. The van der Waals surface area contributed by atoms with E-state index in [-0.39, 0.29) is 30.8 Å². The van der Waals surface area contributed by atoms with E-state index < -0.39 is 5.82 Å². The summed E-state index contributed by atoms with van der Waals surface area (Å²) in [5, 5.41) is 0. The van der Waals surface area contributed by atoms with Gasteiger partial charge in [-0.1, -0.05) is 24.3 Å². The SMILES string of the molecule is CC(=O)N(CCC(=O)N1c2ccccc2CC1C)c1cccc(F)c1. The first kappa shape index (κ1) is 17.1. The lowest BCUT2D eigenvalue weighted by Crippen LogP contribution is -2.39. The molecule has 0 radical (unpaired) electrons. The van der Waals surface area contributed by atoms with Gasteiger partial charge < -0.3 is 9.80 Å². The first-order valence-corrected chi connectivity index (χ1v) is 8.41. The molecule has 2 aromatic rings. The smallest absolute Gasteiger partial charge is 0.229 e. The van der Waals surface area contributed by atoms with E-state index in [1.165, 1.54) is 24.0 Å². The van der Waals surface area contributed by atoms with Gasteiger partial charge in [0.1, 0.15) is 5.82 Å². The minimum atomic E-state index is -0.405. The van der Waals surface area contributed by atoms with Crippen LogP contribution in [-0.4, -0.2) is 24.4 Å². The molecule has 0 N–H and O–H groups in total. The Morgan fingerprint density at radius 1 is 1.20 bits per heavy atom. The number of benzene rings is 2. The van der Waals surface area contributed by atoms with Crippen molar-refractivity contribution >= 4 is 23.2 Å². The molecule has 5 heteroatoms.